The first-order valence-electron chi connectivity index (χ1n) is 6.56. The summed E-state index contributed by atoms with van der Waals surface area (Å²) in [6.07, 6.45) is 6.25. The second-order valence-electron chi connectivity index (χ2n) is 4.70. The normalized spacial score (nSPS) is 13.0. The summed E-state index contributed by atoms with van der Waals surface area (Å²) in [6.45, 7) is 2.22. The molecule has 18 heavy (non-hydrogen) atoms. The molecule has 0 saturated carbocycles. The van der Waals surface area contributed by atoms with E-state index >= 15 is 0 Å². The van der Waals surface area contributed by atoms with Gasteiger partial charge >= 0.3 is 5.69 Å². The van der Waals surface area contributed by atoms with Gasteiger partial charge in [0.05, 0.1) is 11.0 Å². The highest BCUT2D eigenvalue weighted by molar-refractivity contribution is 9.09. The number of alkyl halides is 1. The quantitative estimate of drug-likeness (QED) is 0.607. The van der Waals surface area contributed by atoms with E-state index < -0.39 is 0 Å². The summed E-state index contributed by atoms with van der Waals surface area (Å²) in [5.74, 6) is 0. The second kappa shape index (κ2) is 6.23. The molecule has 0 saturated heterocycles. The molecule has 0 fully saturated rings. The molecular formula is C14H19BrN2O. The summed E-state index contributed by atoms with van der Waals surface area (Å²) in [7, 11) is 0. The van der Waals surface area contributed by atoms with Gasteiger partial charge in [0.1, 0.15) is 0 Å². The highest BCUT2D eigenvalue weighted by Crippen LogP contribution is 2.29. The van der Waals surface area contributed by atoms with Gasteiger partial charge < -0.3 is 9.97 Å². The van der Waals surface area contributed by atoms with Crippen molar-refractivity contribution < 1.29 is 0 Å². The highest BCUT2D eigenvalue weighted by Gasteiger charge is 2.08. The van der Waals surface area contributed by atoms with Crippen LogP contribution in [0, 0.1) is 0 Å². The van der Waals surface area contributed by atoms with E-state index in [1.807, 2.05) is 12.1 Å². The Balaban J connectivity index is 2.03. The molecule has 2 N–H and O–H groups in total. The molecule has 0 amide bonds. The maximum Gasteiger partial charge on any atom is 0.323 e. The third-order valence-corrected chi connectivity index (χ3v) is 4.20. The maximum atomic E-state index is 11.2. The predicted octanol–water partition coefficient (Wildman–Crippen LogP) is 4.26. The first-order chi connectivity index (χ1) is 8.70. The van der Waals surface area contributed by atoms with Gasteiger partial charge in [0.15, 0.2) is 0 Å². The second-order valence-corrected chi connectivity index (χ2v) is 5.81. The summed E-state index contributed by atoms with van der Waals surface area (Å²) >= 11 is 3.73. The van der Waals surface area contributed by atoms with Crippen molar-refractivity contribution in [2.45, 2.75) is 43.9 Å². The van der Waals surface area contributed by atoms with Crippen LogP contribution in [0.2, 0.25) is 0 Å². The summed E-state index contributed by atoms with van der Waals surface area (Å²) in [5, 5.41) is 0. The summed E-state index contributed by atoms with van der Waals surface area (Å²) in [6, 6.07) is 6.08. The van der Waals surface area contributed by atoms with Gasteiger partial charge in [-0.05, 0) is 24.1 Å². The van der Waals surface area contributed by atoms with Gasteiger partial charge in [0.2, 0.25) is 0 Å². The molecule has 0 aliphatic rings. The molecule has 2 aromatic rings. The Morgan fingerprint density at radius 2 is 1.94 bits per heavy atom. The topological polar surface area (TPSA) is 48.6 Å². The van der Waals surface area contributed by atoms with E-state index in [9.17, 15) is 4.79 Å². The molecule has 0 aliphatic carbocycles. The molecular weight excluding hydrogens is 292 g/mol. The van der Waals surface area contributed by atoms with Crippen LogP contribution >= 0.6 is 15.9 Å². The summed E-state index contributed by atoms with van der Waals surface area (Å²) < 4.78 is 0. The van der Waals surface area contributed by atoms with Crippen molar-refractivity contribution in [3.63, 3.8) is 0 Å². The van der Waals surface area contributed by atoms with Gasteiger partial charge in [-0.3, -0.25) is 0 Å². The number of nitrogens with one attached hydrogen (secondary N) is 2. The minimum atomic E-state index is -0.142. The SMILES string of the molecule is CCCCCCC(Br)c1ccc2[nH]c(=O)[nH]c2c1. The van der Waals surface area contributed by atoms with Gasteiger partial charge in [0, 0.05) is 4.83 Å². The molecule has 2 rings (SSSR count). The van der Waals surface area contributed by atoms with Gasteiger partial charge in [-0.2, -0.15) is 0 Å². The van der Waals surface area contributed by atoms with Crippen molar-refractivity contribution in [1.29, 1.82) is 0 Å². The largest absolute Gasteiger partial charge is 0.323 e. The Kier molecular flexibility index (Phi) is 4.64. The Labute approximate surface area is 115 Å². The van der Waals surface area contributed by atoms with Gasteiger partial charge in [-0.25, -0.2) is 4.79 Å². The zero-order chi connectivity index (χ0) is 13.0. The van der Waals surface area contributed by atoms with Crippen molar-refractivity contribution in [2.75, 3.05) is 0 Å². The van der Waals surface area contributed by atoms with E-state index in [0.717, 1.165) is 17.5 Å². The van der Waals surface area contributed by atoms with Crippen LogP contribution < -0.4 is 5.69 Å². The van der Waals surface area contributed by atoms with E-state index in [2.05, 4.69) is 38.9 Å². The number of unbranched alkanes of at least 4 members (excludes halogenated alkanes) is 3. The molecule has 98 valence electrons. The molecule has 1 heterocycles. The Hall–Kier alpha value is -1.03. The number of hydrogen-bond donors (Lipinski definition) is 2. The van der Waals surface area contributed by atoms with Gasteiger partial charge in [0.25, 0.3) is 0 Å². The molecule has 0 spiro atoms. The molecule has 0 bridgehead atoms. The first-order valence-corrected chi connectivity index (χ1v) is 7.48. The zero-order valence-electron chi connectivity index (χ0n) is 10.6. The van der Waals surface area contributed by atoms with Crippen molar-refractivity contribution in [3.05, 3.63) is 34.2 Å². The molecule has 3 nitrogen and oxygen atoms in total. The minimum Gasteiger partial charge on any atom is -0.306 e. The number of fused-ring (bicyclic) bond motifs is 1. The van der Waals surface area contributed by atoms with E-state index in [1.165, 1.54) is 31.2 Å². The third kappa shape index (κ3) is 3.25. The van der Waals surface area contributed by atoms with E-state index in [4.69, 9.17) is 0 Å². The lowest BCUT2D eigenvalue weighted by Gasteiger charge is -2.09. The molecule has 0 aliphatic heterocycles. The number of halogens is 1. The standard InChI is InChI=1S/C14H19BrN2O/c1-2-3-4-5-6-11(15)10-7-8-12-13(9-10)17-14(18)16-12/h7-9,11H,2-6H2,1H3,(H2,16,17,18). The van der Waals surface area contributed by atoms with Crippen LogP contribution in [0.5, 0.6) is 0 Å². The van der Waals surface area contributed by atoms with Crippen LogP contribution in [0.3, 0.4) is 0 Å². The van der Waals surface area contributed by atoms with E-state index in [1.54, 1.807) is 0 Å². The van der Waals surface area contributed by atoms with Crippen LogP contribution in [0.4, 0.5) is 0 Å². The van der Waals surface area contributed by atoms with Crippen LogP contribution in [0.15, 0.2) is 23.0 Å². The molecule has 4 heteroatoms. The van der Waals surface area contributed by atoms with Gasteiger partial charge in [-0.15, -0.1) is 0 Å². The lowest BCUT2D eigenvalue weighted by Crippen LogP contribution is -1.99. The van der Waals surface area contributed by atoms with Crippen molar-refractivity contribution in [2.24, 2.45) is 0 Å². The van der Waals surface area contributed by atoms with Crippen molar-refractivity contribution >= 4 is 27.0 Å². The Morgan fingerprint density at radius 3 is 2.72 bits per heavy atom. The number of aromatic nitrogens is 2. The third-order valence-electron chi connectivity index (χ3n) is 3.21. The molecule has 1 aromatic heterocycles. The summed E-state index contributed by atoms with van der Waals surface area (Å²) in [5.41, 5.74) is 2.84. The van der Waals surface area contributed by atoms with Crippen LogP contribution in [-0.4, -0.2) is 9.97 Å². The molecule has 1 aromatic carbocycles. The van der Waals surface area contributed by atoms with E-state index in [-0.39, 0.29) is 5.69 Å². The predicted molar refractivity (Wildman–Crippen MR) is 79.3 cm³/mol. The van der Waals surface area contributed by atoms with Crippen molar-refractivity contribution in [3.8, 4) is 0 Å². The molecule has 1 atom stereocenters. The van der Waals surface area contributed by atoms with Crippen LogP contribution in [-0.2, 0) is 0 Å². The Bertz CT molecular complexity index is 558. The smallest absolute Gasteiger partial charge is 0.306 e. The highest BCUT2D eigenvalue weighted by atomic mass is 79.9. The van der Waals surface area contributed by atoms with Crippen molar-refractivity contribution in [1.82, 2.24) is 9.97 Å². The number of imidazole rings is 1. The minimum absolute atomic E-state index is 0.142. The fraction of sp³-hybridized carbons (Fsp3) is 0.500. The number of hydrogen-bond acceptors (Lipinski definition) is 1. The fourth-order valence-corrected chi connectivity index (χ4v) is 2.77. The molecule has 0 radical (unpaired) electrons. The number of aromatic amines is 2. The van der Waals surface area contributed by atoms with E-state index in [0.29, 0.717) is 4.83 Å². The zero-order valence-corrected chi connectivity index (χ0v) is 12.2. The first kappa shape index (κ1) is 13.4. The van der Waals surface area contributed by atoms with Crippen LogP contribution in [0.1, 0.15) is 49.4 Å². The monoisotopic (exact) mass is 310 g/mol. The lowest BCUT2D eigenvalue weighted by molar-refractivity contribution is 0.630. The number of rotatable bonds is 6. The number of H-pyrrole nitrogens is 2. The van der Waals surface area contributed by atoms with Crippen LogP contribution in [0.25, 0.3) is 11.0 Å². The molecule has 1 unspecified atom stereocenters. The maximum absolute atomic E-state index is 11.2. The lowest BCUT2D eigenvalue weighted by atomic mass is 10.0. The average Bonchev–Trinajstić information content (AvgIpc) is 2.73. The summed E-state index contributed by atoms with van der Waals surface area (Å²) in [4.78, 5) is 17.1. The Morgan fingerprint density at radius 1 is 1.17 bits per heavy atom. The number of benzene rings is 1. The average molecular weight is 311 g/mol. The fourth-order valence-electron chi connectivity index (χ4n) is 2.16. The van der Waals surface area contributed by atoms with Gasteiger partial charge in [-0.1, -0.05) is 54.6 Å².